The monoisotopic (exact) mass is 462 g/mol. The summed E-state index contributed by atoms with van der Waals surface area (Å²) in [7, 11) is -3.30. The smallest absolute Gasteiger partial charge is 0.302 e. The van der Waals surface area contributed by atoms with Crippen molar-refractivity contribution in [1.29, 1.82) is 0 Å². The predicted octanol–water partition coefficient (Wildman–Crippen LogP) is -0.757. The average molecular weight is 463 g/mol. The number of ether oxygens (including phenoxy) is 1. The Morgan fingerprint density at radius 3 is 2.92 bits per heavy atom. The van der Waals surface area contributed by atoms with Crippen molar-refractivity contribution in [3.63, 3.8) is 0 Å². The summed E-state index contributed by atoms with van der Waals surface area (Å²) in [5, 5.41) is 14.1. The number of carbonyl (C=O) groups excluding carboxylic acids is 1. The zero-order valence-corrected chi connectivity index (χ0v) is 18.1. The number of amides is 1. The van der Waals surface area contributed by atoms with Gasteiger partial charge in [0.1, 0.15) is 18.3 Å². The molecule has 4 N–H and O–H groups in total. The number of guanidine groups is 1. The van der Waals surface area contributed by atoms with Crippen LogP contribution in [0.25, 0.3) is 0 Å². The molecule has 0 aromatic carbocycles. The van der Waals surface area contributed by atoms with Crippen LogP contribution in [0, 0.1) is 0 Å². The van der Waals surface area contributed by atoms with Crippen molar-refractivity contribution in [3.8, 4) is 0 Å². The maximum Gasteiger partial charge on any atom is 0.302 e. The standard InChI is InChI=1S/C10H11BrN5O6PS.Na/c11-9-13-3-6(14-10(12)15-7(3)18)16(9)8-4(17)5-2(21-8)1-20-23(19,24)22-5;/h2,4-5,8,17,19,24H,1H2,(H2,12,14);. The van der Waals surface area contributed by atoms with Gasteiger partial charge >= 0.3 is 5.91 Å². The first-order valence-corrected chi connectivity index (χ1v) is 10.2. The molecular formula is C10H11BrN5NaO6PS. The summed E-state index contributed by atoms with van der Waals surface area (Å²) in [5.74, 6) is -0.752. The summed E-state index contributed by atoms with van der Waals surface area (Å²) in [6.07, 6.45) is -3.65. The third-order valence-electron chi connectivity index (χ3n) is 3.71. The van der Waals surface area contributed by atoms with E-state index in [2.05, 4.69) is 43.5 Å². The van der Waals surface area contributed by atoms with Crippen molar-refractivity contribution in [2.24, 2.45) is 10.7 Å². The van der Waals surface area contributed by atoms with E-state index >= 15 is 0 Å². The maximum atomic E-state index is 11.9. The molecule has 2 fully saturated rings. The predicted molar refractivity (Wildman–Crippen MR) is 92.3 cm³/mol. The number of nitrogens with zero attached hydrogens (tertiary/aromatic N) is 4. The van der Waals surface area contributed by atoms with E-state index in [1.807, 2.05) is 0 Å². The molecule has 0 bridgehead atoms. The van der Waals surface area contributed by atoms with E-state index in [0.29, 0.717) is 0 Å². The minimum atomic E-state index is -3.30. The Morgan fingerprint density at radius 1 is 1.48 bits per heavy atom. The van der Waals surface area contributed by atoms with Crippen molar-refractivity contribution in [2.45, 2.75) is 24.5 Å². The number of hydrogen-bond acceptors (Lipinski definition) is 10. The fourth-order valence-electron chi connectivity index (χ4n) is 2.72. The fraction of sp³-hybridized carbons (Fsp3) is 0.500. The second-order valence-corrected chi connectivity index (χ2v) is 8.90. The van der Waals surface area contributed by atoms with E-state index in [-0.39, 0.29) is 58.4 Å². The largest absolute Gasteiger partial charge is 0.386 e. The van der Waals surface area contributed by atoms with Crippen LogP contribution in [0.5, 0.6) is 0 Å². The second kappa shape index (κ2) is 6.99. The average Bonchev–Trinajstić information content (AvgIpc) is 2.96. The Kier molecular flexibility index (Phi) is 5.58. The van der Waals surface area contributed by atoms with Gasteiger partial charge in [-0.15, -0.1) is 0 Å². The zero-order chi connectivity index (χ0) is 17.2. The topological polar surface area (TPSA) is 156 Å². The van der Waals surface area contributed by atoms with Crippen LogP contribution in [0.3, 0.4) is 0 Å². The van der Waals surface area contributed by atoms with Crippen LogP contribution in [-0.4, -0.2) is 85.9 Å². The molecule has 1 amide bonds. The first kappa shape index (κ1) is 20.0. The summed E-state index contributed by atoms with van der Waals surface area (Å²) in [5.41, 5.74) is 5.51. The van der Waals surface area contributed by atoms with Crippen molar-refractivity contribution in [2.75, 3.05) is 6.61 Å². The molecule has 3 aliphatic heterocycles. The summed E-state index contributed by atoms with van der Waals surface area (Å²) in [6, 6.07) is 0. The summed E-state index contributed by atoms with van der Waals surface area (Å²) < 4.78 is 17.7. The minimum Gasteiger partial charge on any atom is -0.386 e. The number of aromatic nitrogens is 2. The molecule has 25 heavy (non-hydrogen) atoms. The van der Waals surface area contributed by atoms with Crippen LogP contribution in [0.4, 0.5) is 5.82 Å². The zero-order valence-electron chi connectivity index (χ0n) is 12.7. The molecule has 131 valence electrons. The van der Waals surface area contributed by atoms with Crippen molar-refractivity contribution in [1.82, 2.24) is 14.9 Å². The number of imidazole rings is 1. The molecule has 4 rings (SSSR count). The van der Waals surface area contributed by atoms with Gasteiger partial charge in [0.15, 0.2) is 22.5 Å². The number of thiol groups is 1. The van der Waals surface area contributed by atoms with Gasteiger partial charge in [0, 0.05) is 29.6 Å². The SMILES string of the molecule is NC1=Nc2c(nc(Br)n2C2OC3CO[P](O)(S)OC3C2O)C(=O)[N]1.[Na]. The molecule has 0 saturated carbocycles. The van der Waals surface area contributed by atoms with Crippen LogP contribution < -0.4 is 11.1 Å². The Hall–Kier alpha value is 0.210. The van der Waals surface area contributed by atoms with E-state index in [4.69, 9.17) is 19.5 Å². The Labute approximate surface area is 177 Å². The number of carbonyl (C=O) groups is 1. The molecular weight excluding hydrogens is 452 g/mol. The number of aliphatic hydroxyl groups excluding tert-OH is 1. The van der Waals surface area contributed by atoms with Crippen molar-refractivity contribution < 1.29 is 28.6 Å². The molecule has 4 heterocycles. The molecule has 11 nitrogen and oxygen atoms in total. The molecule has 3 radical (unpaired) electrons. The van der Waals surface area contributed by atoms with Gasteiger partial charge in [-0.25, -0.2) is 4.98 Å². The second-order valence-electron chi connectivity index (χ2n) is 5.22. The third kappa shape index (κ3) is 3.41. The third-order valence-corrected chi connectivity index (χ3v) is 5.90. The molecule has 1 aromatic heterocycles. The number of aliphatic hydroxyl groups is 1. The summed E-state index contributed by atoms with van der Waals surface area (Å²) >= 11 is 7.11. The molecule has 2 saturated heterocycles. The molecule has 0 aliphatic carbocycles. The van der Waals surface area contributed by atoms with Gasteiger partial charge in [-0.3, -0.25) is 9.36 Å². The summed E-state index contributed by atoms with van der Waals surface area (Å²) in [6.45, 7) is 0.000180. The van der Waals surface area contributed by atoms with Gasteiger partial charge in [0.25, 0.3) is 7.15 Å². The number of aliphatic imine (C=N–C) groups is 1. The van der Waals surface area contributed by atoms with Gasteiger partial charge in [-0.05, 0) is 15.9 Å². The first-order valence-electron chi connectivity index (χ1n) is 6.66. The van der Waals surface area contributed by atoms with Gasteiger partial charge in [0.2, 0.25) is 5.96 Å². The Balaban J connectivity index is 0.00000182. The number of fused-ring (bicyclic) bond motifs is 2. The molecule has 3 aliphatic rings. The molecule has 1 aromatic rings. The van der Waals surface area contributed by atoms with Crippen molar-refractivity contribution in [3.05, 3.63) is 10.4 Å². The Morgan fingerprint density at radius 2 is 2.20 bits per heavy atom. The van der Waals surface area contributed by atoms with E-state index in [0.717, 1.165) is 0 Å². The number of halogens is 1. The van der Waals surface area contributed by atoms with Crippen molar-refractivity contribution >= 4 is 82.6 Å². The fourth-order valence-corrected chi connectivity index (χ4v) is 4.77. The maximum absolute atomic E-state index is 11.9. The van der Waals surface area contributed by atoms with Crippen LogP contribution in [0.2, 0.25) is 0 Å². The van der Waals surface area contributed by atoms with Crippen LogP contribution in [-0.2, 0) is 13.8 Å². The van der Waals surface area contributed by atoms with Crippen LogP contribution in [0.1, 0.15) is 16.7 Å². The minimum absolute atomic E-state index is 0. The normalized spacial score (nSPS) is 36.8. The van der Waals surface area contributed by atoms with Gasteiger partial charge < -0.3 is 29.5 Å². The van der Waals surface area contributed by atoms with E-state index in [1.165, 1.54) is 4.57 Å². The molecule has 5 unspecified atom stereocenters. The van der Waals surface area contributed by atoms with Gasteiger partial charge in [-0.2, -0.15) is 10.3 Å². The molecule has 15 heteroatoms. The Bertz CT molecular complexity index is 764. The van der Waals surface area contributed by atoms with E-state index in [9.17, 15) is 14.8 Å². The van der Waals surface area contributed by atoms with Gasteiger partial charge in [-0.1, -0.05) is 12.2 Å². The number of nitrogens with two attached hydrogens (primary N) is 1. The summed E-state index contributed by atoms with van der Waals surface area (Å²) in [4.78, 5) is 29.7. The molecule has 0 spiro atoms. The van der Waals surface area contributed by atoms with E-state index in [1.54, 1.807) is 0 Å². The number of hydrogen-bond donors (Lipinski definition) is 4. The first-order chi connectivity index (χ1) is 11.3. The molecule has 5 atom stereocenters. The quantitative estimate of drug-likeness (QED) is 0.241. The number of rotatable bonds is 1. The van der Waals surface area contributed by atoms with Crippen LogP contribution in [0.15, 0.2) is 9.73 Å². The van der Waals surface area contributed by atoms with E-state index < -0.39 is 37.6 Å². The van der Waals surface area contributed by atoms with Crippen LogP contribution >= 0.6 is 35.3 Å². The van der Waals surface area contributed by atoms with Gasteiger partial charge in [0.05, 0.1) is 6.61 Å².